The van der Waals surface area contributed by atoms with Crippen molar-refractivity contribution in [3.05, 3.63) is 44.3 Å². The molecule has 5 heteroatoms. The molecule has 1 aromatic carbocycles. The number of nitrogens with zero attached hydrogens (tertiary/aromatic N) is 3. The lowest BCUT2D eigenvalue weighted by atomic mass is 10.1. The molecular weight excluding hydrogens is 209 g/mol. The van der Waals surface area contributed by atoms with Gasteiger partial charge in [-0.25, -0.2) is 0 Å². The van der Waals surface area contributed by atoms with E-state index in [-0.39, 0.29) is 13.2 Å². The van der Waals surface area contributed by atoms with E-state index in [4.69, 9.17) is 28.7 Å². The van der Waals surface area contributed by atoms with E-state index in [1.807, 2.05) is 0 Å². The third-order valence-electron chi connectivity index (χ3n) is 1.65. The normalized spacial score (nSPS) is 11.9. The smallest absolute Gasteiger partial charge is 0.0597 e. The van der Waals surface area contributed by atoms with Crippen molar-refractivity contribution in [3.63, 3.8) is 0 Å². The summed E-state index contributed by atoms with van der Waals surface area (Å²) in [7, 11) is 0. The summed E-state index contributed by atoms with van der Waals surface area (Å²) >= 11 is 11.5. The van der Waals surface area contributed by atoms with Gasteiger partial charge in [-0.2, -0.15) is 0 Å². The topological polar surface area (TPSA) is 48.8 Å². The molecule has 0 bridgehead atoms. The lowest BCUT2D eigenvalue weighted by molar-refractivity contribution is 0.808. The van der Waals surface area contributed by atoms with Gasteiger partial charge in [-0.15, -0.1) is 0 Å². The fraction of sp³-hybridized carbons (Fsp3) is 0.250. The standard InChI is InChI=1S/C8H7Cl2N3.5H2/c1-5(12-13-11)6-2-3-7(9)8(10)4-6;;;;;/h2-5H,1H3;5*1H. The molecule has 0 saturated carbocycles. The molecule has 78 valence electrons. The monoisotopic (exact) mass is 225 g/mol. The molecule has 13 heavy (non-hydrogen) atoms. The Kier molecular flexibility index (Phi) is 3.43. The summed E-state index contributed by atoms with van der Waals surface area (Å²) in [5.41, 5.74) is 9.08. The van der Waals surface area contributed by atoms with E-state index in [1.165, 1.54) is 0 Å². The second kappa shape index (κ2) is 4.38. The minimum atomic E-state index is -0.222. The molecule has 0 amide bonds. The zero-order valence-corrected chi connectivity index (χ0v) is 8.42. The van der Waals surface area contributed by atoms with Crippen molar-refractivity contribution in [1.29, 1.82) is 0 Å². The van der Waals surface area contributed by atoms with Crippen LogP contribution in [-0.2, 0) is 0 Å². The summed E-state index contributed by atoms with van der Waals surface area (Å²) in [4.78, 5) is 2.71. The first kappa shape index (κ1) is 10.2. The second-order valence-corrected chi connectivity index (χ2v) is 3.37. The SMILES string of the molecule is CC(N=[N+]=[N-])c1ccc(Cl)c(Cl)c1.[HH].[HH].[HH].[HH].[HH]. The average Bonchev–Trinajstić information content (AvgIpc) is 2.10. The first-order chi connectivity index (χ1) is 6.15. The number of benzene rings is 1. The van der Waals surface area contributed by atoms with Gasteiger partial charge in [0.1, 0.15) is 0 Å². The van der Waals surface area contributed by atoms with Crippen LogP contribution in [0.1, 0.15) is 25.7 Å². The Balaban J connectivity index is -0.000000113. The molecule has 0 radical (unpaired) electrons. The molecule has 0 aliphatic carbocycles. The van der Waals surface area contributed by atoms with E-state index in [1.54, 1.807) is 25.1 Å². The molecule has 0 spiro atoms. The van der Waals surface area contributed by atoms with Crippen molar-refractivity contribution in [1.82, 2.24) is 0 Å². The Bertz CT molecular complexity index is 374. The summed E-state index contributed by atoms with van der Waals surface area (Å²) in [5.74, 6) is 0. The van der Waals surface area contributed by atoms with Gasteiger partial charge < -0.3 is 0 Å². The Labute approximate surface area is 93.3 Å². The molecule has 0 saturated heterocycles. The number of halogens is 2. The predicted octanol–water partition coefficient (Wildman–Crippen LogP) is 5.59. The average molecular weight is 226 g/mol. The molecule has 0 heterocycles. The Morgan fingerprint density at radius 1 is 1.46 bits per heavy atom. The molecule has 0 aliphatic rings. The number of azide groups is 1. The van der Waals surface area contributed by atoms with E-state index in [9.17, 15) is 0 Å². The molecule has 3 nitrogen and oxygen atoms in total. The van der Waals surface area contributed by atoms with Crippen LogP contribution in [0.5, 0.6) is 0 Å². The largest absolute Gasteiger partial charge is 0.0862 e. The van der Waals surface area contributed by atoms with Crippen LogP contribution >= 0.6 is 23.2 Å². The quantitative estimate of drug-likeness (QED) is 0.358. The van der Waals surface area contributed by atoms with Crippen LogP contribution in [0.3, 0.4) is 0 Å². The van der Waals surface area contributed by atoms with Crippen LogP contribution in [0.15, 0.2) is 23.3 Å². The van der Waals surface area contributed by atoms with Crippen LogP contribution in [0.25, 0.3) is 10.4 Å². The molecule has 1 rings (SSSR count). The maximum Gasteiger partial charge on any atom is 0.0597 e. The summed E-state index contributed by atoms with van der Waals surface area (Å²) in [6, 6.07) is 4.94. The van der Waals surface area contributed by atoms with Crippen LogP contribution in [-0.4, -0.2) is 0 Å². The summed E-state index contributed by atoms with van der Waals surface area (Å²) in [6.07, 6.45) is 0. The van der Waals surface area contributed by atoms with Crippen LogP contribution < -0.4 is 0 Å². The molecular formula is C8H17Cl2N3. The predicted molar refractivity (Wildman–Crippen MR) is 64.6 cm³/mol. The second-order valence-electron chi connectivity index (χ2n) is 2.55. The van der Waals surface area contributed by atoms with E-state index in [0.29, 0.717) is 10.0 Å². The van der Waals surface area contributed by atoms with Crippen molar-refractivity contribution >= 4 is 23.2 Å². The van der Waals surface area contributed by atoms with Crippen LogP contribution in [0.4, 0.5) is 0 Å². The zero-order chi connectivity index (χ0) is 9.84. The van der Waals surface area contributed by atoms with E-state index in [0.717, 1.165) is 5.56 Å². The Morgan fingerprint density at radius 2 is 2.15 bits per heavy atom. The lowest BCUT2D eigenvalue weighted by Gasteiger charge is -2.05. The number of hydrogen-bond donors (Lipinski definition) is 0. The van der Waals surface area contributed by atoms with E-state index in [2.05, 4.69) is 10.0 Å². The van der Waals surface area contributed by atoms with Gasteiger partial charge in [0.15, 0.2) is 0 Å². The first-order valence-electron chi connectivity index (χ1n) is 3.64. The van der Waals surface area contributed by atoms with Gasteiger partial charge in [-0.1, -0.05) is 41.3 Å². The summed E-state index contributed by atoms with van der Waals surface area (Å²) < 4.78 is 0. The molecule has 0 N–H and O–H groups in total. The summed E-state index contributed by atoms with van der Waals surface area (Å²) in [6.45, 7) is 1.79. The van der Waals surface area contributed by atoms with Crippen molar-refractivity contribution in [2.24, 2.45) is 5.11 Å². The number of rotatable bonds is 2. The highest BCUT2D eigenvalue weighted by atomic mass is 35.5. The lowest BCUT2D eigenvalue weighted by Crippen LogP contribution is -1.87. The van der Waals surface area contributed by atoms with Gasteiger partial charge in [0.05, 0.1) is 16.1 Å². The Hall–Kier alpha value is -0.890. The van der Waals surface area contributed by atoms with Crippen LogP contribution in [0.2, 0.25) is 10.0 Å². The fourth-order valence-corrected chi connectivity index (χ4v) is 1.22. The van der Waals surface area contributed by atoms with Crippen molar-refractivity contribution in [2.75, 3.05) is 0 Å². The maximum atomic E-state index is 8.22. The van der Waals surface area contributed by atoms with Crippen molar-refractivity contribution < 1.29 is 7.13 Å². The fourth-order valence-electron chi connectivity index (χ4n) is 0.916. The highest BCUT2D eigenvalue weighted by molar-refractivity contribution is 6.42. The third kappa shape index (κ3) is 2.52. The highest BCUT2D eigenvalue weighted by Crippen LogP contribution is 2.26. The molecule has 0 aliphatic heterocycles. The highest BCUT2D eigenvalue weighted by Gasteiger charge is 2.04. The van der Waals surface area contributed by atoms with Gasteiger partial charge in [0, 0.05) is 12.0 Å². The van der Waals surface area contributed by atoms with Gasteiger partial charge in [0.25, 0.3) is 0 Å². The zero-order valence-electron chi connectivity index (χ0n) is 6.91. The van der Waals surface area contributed by atoms with E-state index < -0.39 is 0 Å². The van der Waals surface area contributed by atoms with Crippen molar-refractivity contribution in [3.8, 4) is 0 Å². The Morgan fingerprint density at radius 3 is 2.69 bits per heavy atom. The molecule has 1 unspecified atom stereocenters. The third-order valence-corrected chi connectivity index (χ3v) is 2.39. The van der Waals surface area contributed by atoms with Gasteiger partial charge in [-0.05, 0) is 23.2 Å². The molecule has 0 fully saturated rings. The van der Waals surface area contributed by atoms with Crippen LogP contribution in [0, 0.1) is 0 Å². The molecule has 0 aromatic heterocycles. The maximum absolute atomic E-state index is 8.22. The minimum Gasteiger partial charge on any atom is -0.0862 e. The minimum absolute atomic E-state index is 0. The van der Waals surface area contributed by atoms with Crippen molar-refractivity contribution in [2.45, 2.75) is 13.0 Å². The van der Waals surface area contributed by atoms with Gasteiger partial charge in [0.2, 0.25) is 0 Å². The van der Waals surface area contributed by atoms with Gasteiger partial charge >= 0.3 is 0 Å². The van der Waals surface area contributed by atoms with E-state index >= 15 is 0 Å². The summed E-state index contributed by atoms with van der Waals surface area (Å²) in [5, 5.41) is 4.51. The van der Waals surface area contributed by atoms with Gasteiger partial charge in [-0.3, -0.25) is 0 Å². The first-order valence-corrected chi connectivity index (χ1v) is 4.40. The molecule has 1 atom stereocenters. The molecule has 1 aromatic rings. The number of hydrogen-bond acceptors (Lipinski definition) is 1.